The van der Waals surface area contributed by atoms with Gasteiger partial charge in [0.1, 0.15) is 11.7 Å². The summed E-state index contributed by atoms with van der Waals surface area (Å²) >= 11 is 4.58. The Morgan fingerprint density at radius 3 is 2.00 bits per heavy atom. The maximum Gasteiger partial charge on any atom is 0.287 e. The van der Waals surface area contributed by atoms with Gasteiger partial charge < -0.3 is 0 Å². The fraction of sp³-hybridized carbons (Fsp3) is 0.500. The fourth-order valence-corrected chi connectivity index (χ4v) is 0.244. The molecule has 0 aromatic rings. The minimum atomic E-state index is -2.38. The van der Waals surface area contributed by atoms with Crippen molar-refractivity contribution in [2.75, 3.05) is 6.67 Å². The Kier molecular flexibility index (Phi) is 3.61. The maximum atomic E-state index is 11.7. The van der Waals surface area contributed by atoms with Gasteiger partial charge in [-0.25, -0.2) is 8.78 Å². The molecule has 0 saturated heterocycles. The molecule has 1 unspecified atom stereocenters. The highest BCUT2D eigenvalue weighted by Gasteiger charge is 2.15. The van der Waals surface area contributed by atoms with Crippen LogP contribution >= 0.6 is 11.6 Å². The van der Waals surface area contributed by atoms with Crippen molar-refractivity contribution in [3.63, 3.8) is 0 Å². The van der Waals surface area contributed by atoms with Crippen molar-refractivity contribution in [2.45, 2.75) is 6.17 Å². The summed E-state index contributed by atoms with van der Waals surface area (Å²) < 4.78 is 45.3. The summed E-state index contributed by atoms with van der Waals surface area (Å²) in [6.07, 6.45) is -4.75. The predicted molar refractivity (Wildman–Crippen MR) is 26.0 cm³/mol. The number of rotatable bonds is 2. The molecule has 0 aromatic carbocycles. The number of halogens is 5. The van der Waals surface area contributed by atoms with Gasteiger partial charge in [0.15, 0.2) is 6.17 Å². The first-order valence-electron chi connectivity index (χ1n) is 2.00. The summed E-state index contributed by atoms with van der Waals surface area (Å²) in [5, 5.41) is -1.35. The third kappa shape index (κ3) is 2.70. The van der Waals surface area contributed by atoms with Gasteiger partial charge in [-0.05, 0) is 0 Å². The lowest BCUT2D eigenvalue weighted by Gasteiger charge is -1.97. The van der Waals surface area contributed by atoms with Crippen LogP contribution in [0.1, 0.15) is 0 Å². The van der Waals surface area contributed by atoms with E-state index >= 15 is 0 Å². The van der Waals surface area contributed by atoms with Gasteiger partial charge >= 0.3 is 0 Å². The quantitative estimate of drug-likeness (QED) is 0.548. The van der Waals surface area contributed by atoms with Gasteiger partial charge in [0.2, 0.25) is 0 Å². The molecule has 0 rings (SSSR count). The average Bonchev–Trinajstić information content (AvgIpc) is 1.84. The van der Waals surface area contributed by atoms with Crippen LogP contribution in [0.25, 0.3) is 0 Å². The fourth-order valence-electron chi connectivity index (χ4n) is 0.186. The summed E-state index contributed by atoms with van der Waals surface area (Å²) in [5.41, 5.74) is 0. The topological polar surface area (TPSA) is 0 Å². The van der Waals surface area contributed by atoms with E-state index in [4.69, 9.17) is 0 Å². The second-order valence-corrected chi connectivity index (χ2v) is 1.64. The SMILES string of the molecule is FCC(F)C(Cl)=C(F)F. The lowest BCUT2D eigenvalue weighted by Crippen LogP contribution is -2.02. The molecule has 0 aromatic heterocycles. The van der Waals surface area contributed by atoms with E-state index in [-0.39, 0.29) is 0 Å². The smallest absolute Gasteiger partial charge is 0.247 e. The zero-order valence-electron chi connectivity index (χ0n) is 4.17. The van der Waals surface area contributed by atoms with Crippen LogP contribution in [-0.4, -0.2) is 12.8 Å². The molecule has 0 radical (unpaired) electrons. The van der Waals surface area contributed by atoms with Crippen LogP contribution < -0.4 is 0 Å². The first kappa shape index (κ1) is 8.75. The van der Waals surface area contributed by atoms with Gasteiger partial charge in [-0.3, -0.25) is 0 Å². The van der Waals surface area contributed by atoms with Gasteiger partial charge in [-0.15, -0.1) is 0 Å². The number of allylic oxidation sites excluding steroid dienone is 1. The molecule has 0 nitrogen and oxygen atoms in total. The summed E-state index contributed by atoms with van der Waals surface area (Å²) in [6.45, 7) is -1.52. The third-order valence-corrected chi connectivity index (χ3v) is 0.971. The Labute approximate surface area is 54.1 Å². The zero-order valence-corrected chi connectivity index (χ0v) is 4.93. The molecule has 5 heteroatoms. The second-order valence-electron chi connectivity index (χ2n) is 1.23. The van der Waals surface area contributed by atoms with Gasteiger partial charge in [-0.2, -0.15) is 8.78 Å². The molecular formula is C4H3ClF4. The van der Waals surface area contributed by atoms with E-state index in [1.165, 1.54) is 0 Å². The minimum Gasteiger partial charge on any atom is -0.247 e. The molecule has 0 aliphatic rings. The zero-order chi connectivity index (χ0) is 7.44. The molecule has 9 heavy (non-hydrogen) atoms. The molecule has 0 fully saturated rings. The van der Waals surface area contributed by atoms with Crippen molar-refractivity contribution in [1.82, 2.24) is 0 Å². The Bertz CT molecular complexity index is 118. The van der Waals surface area contributed by atoms with Crippen LogP contribution in [0.15, 0.2) is 11.1 Å². The Balaban J connectivity index is 4.02. The van der Waals surface area contributed by atoms with Crippen LogP contribution in [0.3, 0.4) is 0 Å². The maximum absolute atomic E-state index is 11.7. The molecule has 0 N–H and O–H groups in total. The van der Waals surface area contributed by atoms with E-state index < -0.39 is 24.0 Å². The largest absolute Gasteiger partial charge is 0.287 e. The van der Waals surface area contributed by atoms with Crippen molar-refractivity contribution in [1.29, 1.82) is 0 Å². The highest BCUT2D eigenvalue weighted by atomic mass is 35.5. The van der Waals surface area contributed by atoms with Crippen LogP contribution in [0, 0.1) is 0 Å². The molecule has 0 aliphatic carbocycles. The van der Waals surface area contributed by atoms with Crippen LogP contribution in [0.4, 0.5) is 17.6 Å². The van der Waals surface area contributed by atoms with E-state index in [9.17, 15) is 17.6 Å². The number of hydrogen-bond acceptors (Lipinski definition) is 0. The summed E-state index contributed by atoms with van der Waals surface area (Å²) in [5.74, 6) is 0. The van der Waals surface area contributed by atoms with Crippen molar-refractivity contribution < 1.29 is 17.6 Å². The number of hydrogen-bond donors (Lipinski definition) is 0. The Morgan fingerprint density at radius 2 is 1.89 bits per heavy atom. The molecule has 0 spiro atoms. The molecule has 54 valence electrons. The highest BCUT2D eigenvalue weighted by molar-refractivity contribution is 6.30. The normalized spacial score (nSPS) is 13.0. The van der Waals surface area contributed by atoms with Crippen molar-refractivity contribution in [3.05, 3.63) is 11.1 Å². The molecule has 1 atom stereocenters. The molecular weight excluding hydrogens is 159 g/mol. The second kappa shape index (κ2) is 3.71. The third-order valence-electron chi connectivity index (χ3n) is 0.591. The van der Waals surface area contributed by atoms with E-state index in [1.807, 2.05) is 0 Å². The highest BCUT2D eigenvalue weighted by Crippen LogP contribution is 2.18. The summed E-state index contributed by atoms with van der Waals surface area (Å²) in [6, 6.07) is 0. The average molecular weight is 163 g/mol. The van der Waals surface area contributed by atoms with Crippen LogP contribution in [0.5, 0.6) is 0 Å². The van der Waals surface area contributed by atoms with Crippen molar-refractivity contribution >= 4 is 11.6 Å². The molecule has 0 heterocycles. The Hall–Kier alpha value is -0.250. The first-order valence-corrected chi connectivity index (χ1v) is 2.38. The molecule has 0 saturated carbocycles. The van der Waals surface area contributed by atoms with Gasteiger partial charge in [0.05, 0.1) is 0 Å². The van der Waals surface area contributed by atoms with Gasteiger partial charge in [-0.1, -0.05) is 11.6 Å². The van der Waals surface area contributed by atoms with E-state index in [2.05, 4.69) is 11.6 Å². The van der Waals surface area contributed by atoms with Crippen molar-refractivity contribution in [3.8, 4) is 0 Å². The summed E-state index contributed by atoms with van der Waals surface area (Å²) in [4.78, 5) is 0. The van der Waals surface area contributed by atoms with E-state index in [0.29, 0.717) is 0 Å². The standard InChI is InChI=1S/C4H3ClF4/c5-3(4(8)9)2(7)1-6/h2H,1H2. The van der Waals surface area contributed by atoms with E-state index in [0.717, 1.165) is 0 Å². The van der Waals surface area contributed by atoms with Gasteiger partial charge in [0, 0.05) is 0 Å². The molecule has 0 bridgehead atoms. The van der Waals surface area contributed by atoms with Crippen molar-refractivity contribution in [2.24, 2.45) is 0 Å². The van der Waals surface area contributed by atoms with Crippen LogP contribution in [0.2, 0.25) is 0 Å². The predicted octanol–water partition coefficient (Wildman–Crippen LogP) is 2.64. The minimum absolute atomic E-state index is 1.35. The first-order chi connectivity index (χ1) is 4.09. The monoisotopic (exact) mass is 162 g/mol. The Morgan fingerprint density at radius 1 is 1.44 bits per heavy atom. The summed E-state index contributed by atoms with van der Waals surface area (Å²) in [7, 11) is 0. The van der Waals surface area contributed by atoms with E-state index in [1.54, 1.807) is 0 Å². The molecule has 0 aliphatic heterocycles. The number of alkyl halides is 2. The van der Waals surface area contributed by atoms with Gasteiger partial charge in [0.25, 0.3) is 6.08 Å². The lowest BCUT2D eigenvalue weighted by molar-refractivity contribution is 0.290. The van der Waals surface area contributed by atoms with Crippen LogP contribution in [-0.2, 0) is 0 Å². The lowest BCUT2D eigenvalue weighted by atomic mass is 10.4. The molecule has 0 amide bonds.